The van der Waals surface area contributed by atoms with E-state index < -0.39 is 21.7 Å². The predicted molar refractivity (Wildman–Crippen MR) is 91.3 cm³/mol. The molecule has 2 aromatic carbocycles. The van der Waals surface area contributed by atoms with Crippen molar-refractivity contribution in [2.45, 2.75) is 16.7 Å². The first-order valence-electron chi connectivity index (χ1n) is 8.23. The molecule has 1 aromatic heterocycles. The van der Waals surface area contributed by atoms with Crippen LogP contribution in [0.4, 0.5) is 8.78 Å². The predicted octanol–water partition coefficient (Wildman–Crippen LogP) is 2.92. The van der Waals surface area contributed by atoms with Gasteiger partial charge in [-0.25, -0.2) is 17.2 Å². The third-order valence-electron chi connectivity index (χ3n) is 4.75. The molecule has 0 aliphatic carbocycles. The molecule has 9 heteroatoms. The molecule has 1 fully saturated rings. The summed E-state index contributed by atoms with van der Waals surface area (Å²) in [6.45, 7) is 0.283. The van der Waals surface area contributed by atoms with E-state index in [0.29, 0.717) is 11.9 Å². The lowest BCUT2D eigenvalue weighted by molar-refractivity contribution is 0.401. The standard InChI is InChI=1S/C18H15F2N3O3S/c19-16-7-6-13(8-17(16)20)27(24,25)23-9-14(12-4-2-1-3-5-12)15(10-23)18-21-11-26-22-18/h1-8,11,14-15H,9-10H2. The maximum Gasteiger partial charge on any atom is 0.243 e. The van der Waals surface area contributed by atoms with E-state index in [0.717, 1.165) is 17.7 Å². The summed E-state index contributed by atoms with van der Waals surface area (Å²) in [7, 11) is -4.00. The number of rotatable bonds is 4. The van der Waals surface area contributed by atoms with E-state index in [1.165, 1.54) is 10.7 Å². The van der Waals surface area contributed by atoms with E-state index in [9.17, 15) is 17.2 Å². The van der Waals surface area contributed by atoms with Gasteiger partial charge in [0.25, 0.3) is 0 Å². The molecule has 4 rings (SSSR count). The van der Waals surface area contributed by atoms with Crippen molar-refractivity contribution in [2.75, 3.05) is 13.1 Å². The lowest BCUT2D eigenvalue weighted by Crippen LogP contribution is -2.29. The quantitative estimate of drug-likeness (QED) is 0.684. The summed E-state index contributed by atoms with van der Waals surface area (Å²) < 4.78 is 58.7. The minimum absolute atomic E-state index is 0.112. The van der Waals surface area contributed by atoms with Crippen molar-refractivity contribution in [3.63, 3.8) is 0 Å². The maximum absolute atomic E-state index is 13.5. The number of sulfonamides is 1. The SMILES string of the molecule is O=S(=O)(c1ccc(F)c(F)c1)N1CC(c2ccccc2)C(c2ncon2)C1. The number of aromatic nitrogens is 2. The van der Waals surface area contributed by atoms with Crippen molar-refractivity contribution < 1.29 is 21.7 Å². The van der Waals surface area contributed by atoms with E-state index in [1.54, 1.807) is 0 Å². The largest absolute Gasteiger partial charge is 0.343 e. The second-order valence-electron chi connectivity index (χ2n) is 6.31. The van der Waals surface area contributed by atoms with Crippen LogP contribution in [-0.2, 0) is 10.0 Å². The number of benzene rings is 2. The number of halogens is 2. The van der Waals surface area contributed by atoms with Gasteiger partial charge in [0.15, 0.2) is 17.5 Å². The molecule has 0 N–H and O–H groups in total. The van der Waals surface area contributed by atoms with Crippen LogP contribution in [0, 0.1) is 11.6 Å². The monoisotopic (exact) mass is 391 g/mol. The summed E-state index contributed by atoms with van der Waals surface area (Å²) in [4.78, 5) is 3.79. The van der Waals surface area contributed by atoms with Crippen molar-refractivity contribution in [1.82, 2.24) is 14.4 Å². The van der Waals surface area contributed by atoms with Crippen LogP contribution in [0.5, 0.6) is 0 Å². The van der Waals surface area contributed by atoms with E-state index in [-0.39, 0.29) is 29.8 Å². The summed E-state index contributed by atoms with van der Waals surface area (Å²) in [5.41, 5.74) is 0.940. The molecule has 2 heterocycles. The van der Waals surface area contributed by atoms with Crippen LogP contribution in [0.2, 0.25) is 0 Å². The highest BCUT2D eigenvalue weighted by atomic mass is 32.2. The zero-order valence-electron chi connectivity index (χ0n) is 14.0. The zero-order valence-corrected chi connectivity index (χ0v) is 14.8. The number of hydrogen-bond acceptors (Lipinski definition) is 5. The normalized spacial score (nSPS) is 20.8. The van der Waals surface area contributed by atoms with Crippen molar-refractivity contribution >= 4 is 10.0 Å². The molecular weight excluding hydrogens is 376 g/mol. The van der Waals surface area contributed by atoms with Gasteiger partial charge in [-0.1, -0.05) is 35.5 Å². The van der Waals surface area contributed by atoms with Crippen molar-refractivity contribution in [2.24, 2.45) is 0 Å². The highest BCUT2D eigenvalue weighted by molar-refractivity contribution is 7.89. The van der Waals surface area contributed by atoms with Crippen LogP contribution in [0.3, 0.4) is 0 Å². The van der Waals surface area contributed by atoms with Gasteiger partial charge in [-0.15, -0.1) is 0 Å². The Labute approximate surface area is 154 Å². The molecule has 6 nitrogen and oxygen atoms in total. The summed E-state index contributed by atoms with van der Waals surface area (Å²) in [5, 5.41) is 3.87. The van der Waals surface area contributed by atoms with Crippen molar-refractivity contribution in [3.8, 4) is 0 Å². The lowest BCUT2D eigenvalue weighted by atomic mass is 9.88. The van der Waals surface area contributed by atoms with Gasteiger partial charge in [0.05, 0.1) is 4.90 Å². The van der Waals surface area contributed by atoms with Crippen LogP contribution in [0.15, 0.2) is 64.3 Å². The van der Waals surface area contributed by atoms with Gasteiger partial charge in [0, 0.05) is 24.9 Å². The molecule has 140 valence electrons. The van der Waals surface area contributed by atoms with Crippen LogP contribution < -0.4 is 0 Å². The topological polar surface area (TPSA) is 76.3 Å². The first kappa shape index (κ1) is 17.7. The maximum atomic E-state index is 13.5. The minimum atomic E-state index is -4.00. The Hall–Kier alpha value is -2.65. The molecule has 1 aliphatic heterocycles. The molecule has 0 bridgehead atoms. The molecule has 2 atom stereocenters. The summed E-state index contributed by atoms with van der Waals surface area (Å²) in [6, 6.07) is 12.0. The van der Waals surface area contributed by atoms with E-state index >= 15 is 0 Å². The Kier molecular flexibility index (Phi) is 4.48. The van der Waals surface area contributed by atoms with Gasteiger partial charge in [0.2, 0.25) is 16.4 Å². The Balaban J connectivity index is 1.71. The van der Waals surface area contributed by atoms with E-state index in [2.05, 4.69) is 10.1 Å². The fourth-order valence-electron chi connectivity index (χ4n) is 3.39. The van der Waals surface area contributed by atoms with Gasteiger partial charge in [0.1, 0.15) is 0 Å². The third-order valence-corrected chi connectivity index (χ3v) is 6.58. The molecule has 0 saturated carbocycles. The Morgan fingerprint density at radius 3 is 2.41 bits per heavy atom. The van der Waals surface area contributed by atoms with Gasteiger partial charge < -0.3 is 4.52 Å². The van der Waals surface area contributed by atoms with Gasteiger partial charge >= 0.3 is 0 Å². The molecule has 27 heavy (non-hydrogen) atoms. The zero-order chi connectivity index (χ0) is 19.0. The third kappa shape index (κ3) is 3.24. The minimum Gasteiger partial charge on any atom is -0.343 e. The second kappa shape index (κ2) is 6.82. The highest BCUT2D eigenvalue weighted by Crippen LogP contribution is 2.40. The van der Waals surface area contributed by atoms with Crippen molar-refractivity contribution in [1.29, 1.82) is 0 Å². The molecule has 0 spiro atoms. The summed E-state index contributed by atoms with van der Waals surface area (Å²) in [5.74, 6) is -2.39. The lowest BCUT2D eigenvalue weighted by Gasteiger charge is -2.17. The second-order valence-corrected chi connectivity index (χ2v) is 8.25. The van der Waals surface area contributed by atoms with Crippen molar-refractivity contribution in [3.05, 3.63) is 77.9 Å². The first-order chi connectivity index (χ1) is 13.0. The van der Waals surface area contributed by atoms with E-state index in [4.69, 9.17) is 4.52 Å². The highest BCUT2D eigenvalue weighted by Gasteiger charge is 2.42. The van der Waals surface area contributed by atoms with Gasteiger partial charge in [-0.2, -0.15) is 9.29 Å². The van der Waals surface area contributed by atoms with Crippen LogP contribution >= 0.6 is 0 Å². The van der Waals surface area contributed by atoms with Crippen LogP contribution in [-0.4, -0.2) is 36.0 Å². The van der Waals surface area contributed by atoms with Crippen LogP contribution in [0.25, 0.3) is 0 Å². The fourth-order valence-corrected chi connectivity index (χ4v) is 4.90. The number of hydrogen-bond donors (Lipinski definition) is 0. The molecular formula is C18H15F2N3O3S. The number of nitrogens with zero attached hydrogens (tertiary/aromatic N) is 3. The Morgan fingerprint density at radius 2 is 1.74 bits per heavy atom. The molecule has 3 aromatic rings. The fraction of sp³-hybridized carbons (Fsp3) is 0.222. The smallest absolute Gasteiger partial charge is 0.243 e. The first-order valence-corrected chi connectivity index (χ1v) is 9.67. The van der Waals surface area contributed by atoms with Crippen LogP contribution in [0.1, 0.15) is 23.2 Å². The average molecular weight is 391 g/mol. The molecule has 1 aliphatic rings. The summed E-state index contributed by atoms with van der Waals surface area (Å²) >= 11 is 0. The summed E-state index contributed by atoms with van der Waals surface area (Å²) in [6.07, 6.45) is 1.20. The Morgan fingerprint density at radius 1 is 1.00 bits per heavy atom. The molecule has 1 saturated heterocycles. The van der Waals surface area contributed by atoms with Gasteiger partial charge in [-0.05, 0) is 23.8 Å². The Bertz CT molecular complexity index is 1040. The molecule has 0 amide bonds. The molecule has 2 unspecified atom stereocenters. The van der Waals surface area contributed by atoms with Gasteiger partial charge in [-0.3, -0.25) is 0 Å². The van der Waals surface area contributed by atoms with E-state index in [1.807, 2.05) is 30.3 Å². The average Bonchev–Trinajstić information content (AvgIpc) is 3.34. The molecule has 0 radical (unpaired) electrons.